The number of hydrogen-bond donors (Lipinski definition) is 1. The van der Waals surface area contributed by atoms with E-state index < -0.39 is 0 Å². The van der Waals surface area contributed by atoms with Gasteiger partial charge in [-0.2, -0.15) is 0 Å². The van der Waals surface area contributed by atoms with Crippen molar-refractivity contribution in [2.75, 3.05) is 6.61 Å². The second-order valence-corrected chi connectivity index (χ2v) is 4.44. The van der Waals surface area contributed by atoms with E-state index in [1.807, 2.05) is 24.3 Å². The van der Waals surface area contributed by atoms with Crippen molar-refractivity contribution < 1.29 is 4.74 Å². The van der Waals surface area contributed by atoms with Crippen LogP contribution in [0.25, 0.3) is 0 Å². The van der Waals surface area contributed by atoms with Crippen LogP contribution in [-0.2, 0) is 0 Å². The highest BCUT2D eigenvalue weighted by Crippen LogP contribution is 2.17. The van der Waals surface area contributed by atoms with Crippen molar-refractivity contribution in [2.24, 2.45) is 11.7 Å². The van der Waals surface area contributed by atoms with Gasteiger partial charge in [0.25, 0.3) is 0 Å². The van der Waals surface area contributed by atoms with Crippen molar-refractivity contribution in [1.82, 2.24) is 0 Å². The summed E-state index contributed by atoms with van der Waals surface area (Å²) in [6.45, 7) is 4.87. The first-order valence-electron chi connectivity index (χ1n) is 5.23. The average molecular weight is 228 g/mol. The van der Waals surface area contributed by atoms with Gasteiger partial charge < -0.3 is 10.5 Å². The number of rotatable bonds is 5. The molecule has 0 aromatic heterocycles. The Hall–Kier alpha value is -0.730. The van der Waals surface area contributed by atoms with Gasteiger partial charge in [-0.25, -0.2) is 0 Å². The summed E-state index contributed by atoms with van der Waals surface area (Å²) in [6, 6.07) is 7.60. The van der Waals surface area contributed by atoms with Gasteiger partial charge in [0, 0.05) is 11.1 Å². The lowest BCUT2D eigenvalue weighted by atomic mass is 10.0. The molecule has 1 rings (SSSR count). The Morgan fingerprint density at radius 1 is 1.40 bits per heavy atom. The summed E-state index contributed by atoms with van der Waals surface area (Å²) in [6.07, 6.45) is 0.865. The predicted octanol–water partition coefficient (Wildman–Crippen LogP) is 3.09. The Kier molecular flexibility index (Phi) is 4.92. The van der Waals surface area contributed by atoms with E-state index >= 15 is 0 Å². The fourth-order valence-corrected chi connectivity index (χ4v) is 1.38. The molecule has 1 aromatic rings. The molecular weight excluding hydrogens is 210 g/mol. The van der Waals surface area contributed by atoms with Gasteiger partial charge in [0.2, 0.25) is 0 Å². The van der Waals surface area contributed by atoms with E-state index in [0.29, 0.717) is 17.5 Å². The first-order valence-corrected chi connectivity index (χ1v) is 5.61. The van der Waals surface area contributed by atoms with Gasteiger partial charge in [-0.05, 0) is 30.5 Å². The Morgan fingerprint density at radius 3 is 2.73 bits per heavy atom. The van der Waals surface area contributed by atoms with Crippen LogP contribution in [0.2, 0.25) is 5.02 Å². The molecule has 84 valence electrons. The Bertz CT molecular complexity index is 301. The van der Waals surface area contributed by atoms with E-state index in [4.69, 9.17) is 22.1 Å². The van der Waals surface area contributed by atoms with Crippen molar-refractivity contribution in [3.05, 3.63) is 29.3 Å². The quantitative estimate of drug-likeness (QED) is 0.839. The highest BCUT2D eigenvalue weighted by molar-refractivity contribution is 6.30. The number of ether oxygens (including phenoxy) is 1. The zero-order valence-electron chi connectivity index (χ0n) is 9.24. The molecule has 1 atom stereocenters. The second kappa shape index (κ2) is 5.99. The van der Waals surface area contributed by atoms with Crippen molar-refractivity contribution >= 4 is 11.6 Å². The standard InChI is InChI=1S/C12H18ClNO/c1-9(2)12(14)6-7-15-11-5-3-4-10(13)8-11/h3-5,8-9,12H,6-7,14H2,1-2H3. The molecule has 15 heavy (non-hydrogen) atoms. The molecule has 2 N–H and O–H groups in total. The van der Waals surface area contributed by atoms with Crippen molar-refractivity contribution in [3.8, 4) is 5.75 Å². The van der Waals surface area contributed by atoms with E-state index in [9.17, 15) is 0 Å². The number of halogens is 1. The number of hydrogen-bond acceptors (Lipinski definition) is 2. The first-order chi connectivity index (χ1) is 7.09. The summed E-state index contributed by atoms with van der Waals surface area (Å²) in [4.78, 5) is 0. The molecule has 0 amide bonds. The van der Waals surface area contributed by atoms with E-state index in [1.54, 1.807) is 0 Å². The van der Waals surface area contributed by atoms with Gasteiger partial charge in [-0.15, -0.1) is 0 Å². The molecule has 1 unspecified atom stereocenters. The summed E-state index contributed by atoms with van der Waals surface area (Å²) in [5, 5.41) is 0.695. The summed E-state index contributed by atoms with van der Waals surface area (Å²) in [5.41, 5.74) is 5.90. The highest BCUT2D eigenvalue weighted by atomic mass is 35.5. The van der Waals surface area contributed by atoms with E-state index in [2.05, 4.69) is 13.8 Å². The van der Waals surface area contributed by atoms with Crippen molar-refractivity contribution in [2.45, 2.75) is 26.3 Å². The minimum Gasteiger partial charge on any atom is -0.493 e. The fourth-order valence-electron chi connectivity index (χ4n) is 1.20. The topological polar surface area (TPSA) is 35.2 Å². The Balaban J connectivity index is 2.32. The predicted molar refractivity (Wildman–Crippen MR) is 64.4 cm³/mol. The second-order valence-electron chi connectivity index (χ2n) is 4.00. The van der Waals surface area contributed by atoms with Crippen LogP contribution in [0, 0.1) is 5.92 Å². The van der Waals surface area contributed by atoms with E-state index in [-0.39, 0.29) is 6.04 Å². The lowest BCUT2D eigenvalue weighted by Gasteiger charge is -2.15. The highest BCUT2D eigenvalue weighted by Gasteiger charge is 2.07. The van der Waals surface area contributed by atoms with Gasteiger partial charge in [0.1, 0.15) is 5.75 Å². The molecule has 3 heteroatoms. The third-order valence-electron chi connectivity index (χ3n) is 2.37. The molecule has 0 heterocycles. The minimum atomic E-state index is 0.198. The number of benzene rings is 1. The normalized spacial score (nSPS) is 12.9. The maximum absolute atomic E-state index is 5.90. The van der Waals surface area contributed by atoms with Crippen LogP contribution >= 0.6 is 11.6 Å². The van der Waals surface area contributed by atoms with Crippen LogP contribution in [0.5, 0.6) is 5.75 Å². The van der Waals surface area contributed by atoms with Crippen LogP contribution in [-0.4, -0.2) is 12.6 Å². The monoisotopic (exact) mass is 227 g/mol. The SMILES string of the molecule is CC(C)C(N)CCOc1cccc(Cl)c1. The van der Waals surface area contributed by atoms with Gasteiger partial charge in [0.05, 0.1) is 6.61 Å². The van der Waals surface area contributed by atoms with Gasteiger partial charge in [0.15, 0.2) is 0 Å². The molecule has 0 aliphatic heterocycles. The zero-order valence-corrected chi connectivity index (χ0v) is 10.00. The third kappa shape index (κ3) is 4.54. The van der Waals surface area contributed by atoms with Crippen LogP contribution < -0.4 is 10.5 Å². The molecule has 0 aliphatic carbocycles. The molecule has 0 aliphatic rings. The Morgan fingerprint density at radius 2 is 2.13 bits per heavy atom. The molecule has 0 bridgehead atoms. The van der Waals surface area contributed by atoms with Gasteiger partial charge in [-0.3, -0.25) is 0 Å². The maximum atomic E-state index is 5.90. The molecule has 0 saturated heterocycles. The molecule has 0 radical (unpaired) electrons. The largest absolute Gasteiger partial charge is 0.493 e. The molecule has 1 aromatic carbocycles. The number of nitrogens with two attached hydrogens (primary N) is 1. The van der Waals surface area contributed by atoms with Crippen LogP contribution in [0.15, 0.2) is 24.3 Å². The van der Waals surface area contributed by atoms with Crippen molar-refractivity contribution in [3.63, 3.8) is 0 Å². The zero-order chi connectivity index (χ0) is 11.3. The van der Waals surface area contributed by atoms with Gasteiger partial charge >= 0.3 is 0 Å². The molecule has 0 spiro atoms. The van der Waals surface area contributed by atoms with Gasteiger partial charge in [-0.1, -0.05) is 31.5 Å². The maximum Gasteiger partial charge on any atom is 0.120 e. The average Bonchev–Trinajstić information content (AvgIpc) is 2.17. The fraction of sp³-hybridized carbons (Fsp3) is 0.500. The van der Waals surface area contributed by atoms with Crippen molar-refractivity contribution in [1.29, 1.82) is 0 Å². The third-order valence-corrected chi connectivity index (χ3v) is 2.61. The summed E-state index contributed by atoms with van der Waals surface area (Å²) in [5.74, 6) is 1.30. The Labute approximate surface area is 96.4 Å². The van der Waals surface area contributed by atoms with E-state index in [0.717, 1.165) is 12.2 Å². The summed E-state index contributed by atoms with van der Waals surface area (Å²) >= 11 is 5.83. The summed E-state index contributed by atoms with van der Waals surface area (Å²) in [7, 11) is 0. The minimum absolute atomic E-state index is 0.198. The lowest BCUT2D eigenvalue weighted by Crippen LogP contribution is -2.28. The van der Waals surface area contributed by atoms with Crippen LogP contribution in [0.4, 0.5) is 0 Å². The molecular formula is C12H18ClNO. The van der Waals surface area contributed by atoms with Crippen LogP contribution in [0.1, 0.15) is 20.3 Å². The smallest absolute Gasteiger partial charge is 0.120 e. The first kappa shape index (κ1) is 12.3. The van der Waals surface area contributed by atoms with Crippen LogP contribution in [0.3, 0.4) is 0 Å². The molecule has 0 fully saturated rings. The van der Waals surface area contributed by atoms with E-state index in [1.165, 1.54) is 0 Å². The molecule has 0 saturated carbocycles. The lowest BCUT2D eigenvalue weighted by molar-refractivity contribution is 0.282. The summed E-state index contributed by atoms with van der Waals surface area (Å²) < 4.78 is 5.54. The molecule has 2 nitrogen and oxygen atoms in total.